The lowest BCUT2D eigenvalue weighted by atomic mass is 9.81. The molecule has 74 valence electrons. The minimum Gasteiger partial charge on any atom is -0.311 e. The molecule has 0 spiro atoms. The molecule has 0 bridgehead atoms. The second-order valence-corrected chi connectivity index (χ2v) is 4.29. The van der Waals surface area contributed by atoms with Gasteiger partial charge in [0.15, 0.2) is 0 Å². The molecule has 0 aliphatic carbocycles. The first-order chi connectivity index (χ1) is 5.54. The summed E-state index contributed by atoms with van der Waals surface area (Å²) < 4.78 is 0. The van der Waals surface area contributed by atoms with E-state index < -0.39 is 0 Å². The molecule has 1 fully saturated rings. The molecule has 1 heterocycles. The highest BCUT2D eigenvalue weighted by Gasteiger charge is 2.35. The van der Waals surface area contributed by atoms with E-state index in [4.69, 9.17) is 0 Å². The maximum absolute atomic E-state index is 3.53. The zero-order chi connectivity index (χ0) is 9.78. The average molecular weight is 171 g/mol. The Morgan fingerprint density at radius 3 is 1.92 bits per heavy atom. The van der Waals surface area contributed by atoms with Gasteiger partial charge in [-0.1, -0.05) is 27.7 Å². The number of hydrogen-bond donors (Lipinski definition) is 1. The van der Waals surface area contributed by atoms with E-state index in [-0.39, 0.29) is 0 Å². The van der Waals surface area contributed by atoms with Crippen LogP contribution in [0.3, 0.4) is 0 Å². The Hall–Kier alpha value is -0.0400. The minimum absolute atomic E-state index is 0.383. The summed E-state index contributed by atoms with van der Waals surface area (Å²) in [6.07, 6.45) is 1.35. The van der Waals surface area contributed by atoms with Gasteiger partial charge in [0.1, 0.15) is 0 Å². The molecule has 0 aromatic heterocycles. The molecule has 1 aliphatic heterocycles. The largest absolute Gasteiger partial charge is 0.311 e. The van der Waals surface area contributed by atoms with Gasteiger partial charge in [-0.3, -0.25) is 0 Å². The predicted octanol–water partition coefficient (Wildman–Crippen LogP) is 3.06. The van der Waals surface area contributed by atoms with Gasteiger partial charge >= 0.3 is 0 Å². The van der Waals surface area contributed by atoms with Gasteiger partial charge in [0, 0.05) is 5.54 Å². The van der Waals surface area contributed by atoms with Crippen LogP contribution in [-0.4, -0.2) is 12.1 Å². The zero-order valence-corrected chi connectivity index (χ0v) is 9.57. The third-order valence-corrected chi connectivity index (χ3v) is 2.77. The molecule has 1 heteroatoms. The molecule has 1 nitrogen and oxygen atoms in total. The quantitative estimate of drug-likeness (QED) is 0.639. The monoisotopic (exact) mass is 171 g/mol. The molecule has 0 amide bonds. The van der Waals surface area contributed by atoms with E-state index in [1.807, 2.05) is 13.8 Å². The van der Waals surface area contributed by atoms with Crippen molar-refractivity contribution in [3.8, 4) is 0 Å². The van der Waals surface area contributed by atoms with E-state index in [0.29, 0.717) is 5.54 Å². The molecule has 0 radical (unpaired) electrons. The van der Waals surface area contributed by atoms with Gasteiger partial charge in [-0.2, -0.15) is 0 Å². The Bertz CT molecular complexity index is 116. The third-order valence-electron chi connectivity index (χ3n) is 2.77. The van der Waals surface area contributed by atoms with Crippen molar-refractivity contribution in [2.75, 3.05) is 6.54 Å². The second-order valence-electron chi connectivity index (χ2n) is 4.29. The standard InChI is InChI=1S/C9H19N.C2H6/c1-7(2)8-5-6-10-9(8,3)4;1-2/h7-8,10H,5-6H2,1-4H3;1-2H3. The highest BCUT2D eigenvalue weighted by molar-refractivity contribution is 4.93. The van der Waals surface area contributed by atoms with Gasteiger partial charge in [0.05, 0.1) is 0 Å². The predicted molar refractivity (Wildman–Crippen MR) is 56.4 cm³/mol. The van der Waals surface area contributed by atoms with Crippen LogP contribution in [0.15, 0.2) is 0 Å². The number of rotatable bonds is 1. The summed E-state index contributed by atoms with van der Waals surface area (Å²) in [4.78, 5) is 0. The molecular weight excluding hydrogens is 146 g/mol. The lowest BCUT2D eigenvalue weighted by Gasteiger charge is -2.30. The molecule has 1 aliphatic rings. The Morgan fingerprint density at radius 1 is 1.25 bits per heavy atom. The summed E-state index contributed by atoms with van der Waals surface area (Å²) in [7, 11) is 0. The van der Waals surface area contributed by atoms with Crippen LogP contribution in [0.25, 0.3) is 0 Å². The van der Waals surface area contributed by atoms with Gasteiger partial charge in [-0.05, 0) is 38.6 Å². The summed E-state index contributed by atoms with van der Waals surface area (Å²) in [6, 6.07) is 0. The fourth-order valence-electron chi connectivity index (χ4n) is 2.21. The first-order valence-corrected chi connectivity index (χ1v) is 5.29. The Balaban J connectivity index is 0.000000561. The molecule has 0 aromatic rings. The van der Waals surface area contributed by atoms with Crippen molar-refractivity contribution < 1.29 is 0 Å². The minimum atomic E-state index is 0.383. The van der Waals surface area contributed by atoms with Crippen LogP contribution in [0.1, 0.15) is 48.0 Å². The normalized spacial score (nSPS) is 26.8. The maximum atomic E-state index is 3.53. The summed E-state index contributed by atoms with van der Waals surface area (Å²) in [5.41, 5.74) is 0.383. The van der Waals surface area contributed by atoms with Crippen LogP contribution in [0.4, 0.5) is 0 Å². The Labute approximate surface area is 77.9 Å². The smallest absolute Gasteiger partial charge is 0.0156 e. The Morgan fingerprint density at radius 2 is 1.75 bits per heavy atom. The molecule has 0 aromatic carbocycles. The number of hydrogen-bond acceptors (Lipinski definition) is 1. The van der Waals surface area contributed by atoms with Crippen LogP contribution in [0.2, 0.25) is 0 Å². The van der Waals surface area contributed by atoms with Crippen molar-refractivity contribution in [1.82, 2.24) is 5.32 Å². The zero-order valence-electron chi connectivity index (χ0n) is 9.57. The SMILES string of the molecule is CC.CC(C)C1CCNC1(C)C. The fourth-order valence-corrected chi connectivity index (χ4v) is 2.21. The van der Waals surface area contributed by atoms with Gasteiger partial charge in [-0.15, -0.1) is 0 Å². The molecule has 1 rings (SSSR count). The lowest BCUT2D eigenvalue weighted by molar-refractivity contribution is 0.261. The van der Waals surface area contributed by atoms with Gasteiger partial charge < -0.3 is 5.32 Å². The summed E-state index contributed by atoms with van der Waals surface area (Å²) in [5, 5.41) is 3.53. The van der Waals surface area contributed by atoms with Gasteiger partial charge in [0.25, 0.3) is 0 Å². The highest BCUT2D eigenvalue weighted by atomic mass is 15.0. The third kappa shape index (κ3) is 2.78. The Kier molecular flexibility index (Phi) is 4.84. The lowest BCUT2D eigenvalue weighted by Crippen LogP contribution is -2.39. The van der Waals surface area contributed by atoms with Crippen LogP contribution < -0.4 is 5.32 Å². The van der Waals surface area contributed by atoms with E-state index in [1.165, 1.54) is 13.0 Å². The van der Waals surface area contributed by atoms with E-state index in [9.17, 15) is 0 Å². The van der Waals surface area contributed by atoms with Crippen molar-refractivity contribution in [2.45, 2.75) is 53.5 Å². The molecule has 1 unspecified atom stereocenters. The highest BCUT2D eigenvalue weighted by Crippen LogP contribution is 2.31. The molecule has 0 saturated carbocycles. The second kappa shape index (κ2) is 4.86. The first kappa shape index (κ1) is 12.0. The molecule has 1 saturated heterocycles. The number of nitrogens with one attached hydrogen (secondary N) is 1. The summed E-state index contributed by atoms with van der Waals surface area (Å²) >= 11 is 0. The molecule has 1 atom stereocenters. The van der Waals surface area contributed by atoms with Crippen molar-refractivity contribution >= 4 is 0 Å². The molecular formula is C11H25N. The van der Waals surface area contributed by atoms with E-state index in [0.717, 1.165) is 11.8 Å². The van der Waals surface area contributed by atoms with Crippen molar-refractivity contribution in [1.29, 1.82) is 0 Å². The van der Waals surface area contributed by atoms with Crippen molar-refractivity contribution in [2.24, 2.45) is 11.8 Å². The van der Waals surface area contributed by atoms with Crippen molar-refractivity contribution in [3.63, 3.8) is 0 Å². The van der Waals surface area contributed by atoms with E-state index >= 15 is 0 Å². The van der Waals surface area contributed by atoms with Crippen LogP contribution in [0, 0.1) is 11.8 Å². The van der Waals surface area contributed by atoms with Gasteiger partial charge in [-0.25, -0.2) is 0 Å². The first-order valence-electron chi connectivity index (χ1n) is 5.29. The van der Waals surface area contributed by atoms with E-state index in [1.54, 1.807) is 0 Å². The summed E-state index contributed by atoms with van der Waals surface area (Å²) in [5.74, 6) is 1.69. The fraction of sp³-hybridized carbons (Fsp3) is 1.00. The maximum Gasteiger partial charge on any atom is 0.0156 e. The summed E-state index contributed by atoms with van der Waals surface area (Å²) in [6.45, 7) is 14.5. The topological polar surface area (TPSA) is 12.0 Å². The molecule has 12 heavy (non-hydrogen) atoms. The van der Waals surface area contributed by atoms with Gasteiger partial charge in [0.2, 0.25) is 0 Å². The van der Waals surface area contributed by atoms with E-state index in [2.05, 4.69) is 33.0 Å². The average Bonchev–Trinajstić information content (AvgIpc) is 2.33. The van der Waals surface area contributed by atoms with Crippen LogP contribution >= 0.6 is 0 Å². The van der Waals surface area contributed by atoms with Crippen LogP contribution in [-0.2, 0) is 0 Å². The van der Waals surface area contributed by atoms with Crippen molar-refractivity contribution in [3.05, 3.63) is 0 Å². The molecule has 1 N–H and O–H groups in total. The van der Waals surface area contributed by atoms with Crippen LogP contribution in [0.5, 0.6) is 0 Å².